The summed E-state index contributed by atoms with van der Waals surface area (Å²) < 4.78 is 11.7. The molecule has 0 aliphatic heterocycles. The van der Waals surface area contributed by atoms with Gasteiger partial charge in [-0.1, -0.05) is 37.1 Å². The molecule has 0 unspecified atom stereocenters. The minimum atomic E-state index is -1.18. The molecule has 4 aromatic rings. The largest absolute Gasteiger partial charge is 0.480 e. The molecule has 0 fully saturated rings. The number of fused-ring (bicyclic) bond motifs is 4. The number of hydrogen-bond acceptors (Lipinski definition) is 6. The number of carbonyl (C=O) groups excluding carboxylic acids is 2. The number of amides is 2. The number of aryl methyl sites for hydroxylation is 3. The van der Waals surface area contributed by atoms with Crippen molar-refractivity contribution in [1.82, 2.24) is 10.6 Å². The Balaban J connectivity index is 1.27. The summed E-state index contributed by atoms with van der Waals surface area (Å²) in [6, 6.07) is 8.41. The van der Waals surface area contributed by atoms with E-state index in [0.29, 0.717) is 40.2 Å². The van der Waals surface area contributed by atoms with Crippen molar-refractivity contribution in [2.24, 2.45) is 0 Å². The van der Waals surface area contributed by atoms with Crippen molar-refractivity contribution in [3.63, 3.8) is 0 Å². The van der Waals surface area contributed by atoms with Crippen molar-refractivity contribution in [1.29, 1.82) is 0 Å². The maximum atomic E-state index is 13.1. The maximum Gasteiger partial charge on any atom is 0.339 e. The molecule has 2 atom stereocenters. The van der Waals surface area contributed by atoms with Gasteiger partial charge in [-0.25, -0.2) is 9.59 Å². The minimum absolute atomic E-state index is 0.0406. The number of aliphatic carboxylic acids is 1. The molecule has 2 aromatic heterocycles. The summed E-state index contributed by atoms with van der Waals surface area (Å²) in [5.74, 6) is -1.18. The summed E-state index contributed by atoms with van der Waals surface area (Å²) in [5.41, 5.74) is 3.72. The summed E-state index contributed by atoms with van der Waals surface area (Å²) in [4.78, 5) is 50.8. The van der Waals surface area contributed by atoms with E-state index in [4.69, 9.17) is 20.4 Å². The Morgan fingerprint density at radius 2 is 1.70 bits per heavy atom. The van der Waals surface area contributed by atoms with Gasteiger partial charge in [0.05, 0.1) is 0 Å². The zero-order chi connectivity index (χ0) is 30.7. The first-order valence-corrected chi connectivity index (χ1v) is 15.1. The van der Waals surface area contributed by atoms with E-state index in [1.165, 1.54) is 5.56 Å². The molecule has 3 N–H and O–H groups in total. The fourth-order valence-corrected chi connectivity index (χ4v) is 5.95. The average Bonchev–Trinajstić information content (AvgIpc) is 3.34. The zero-order valence-electron chi connectivity index (χ0n) is 24.3. The van der Waals surface area contributed by atoms with Gasteiger partial charge in [0.2, 0.25) is 11.8 Å². The highest BCUT2D eigenvalue weighted by Gasteiger charge is 2.27. The van der Waals surface area contributed by atoms with E-state index in [1.807, 2.05) is 19.9 Å². The monoisotopic (exact) mass is 606 g/mol. The Hall–Kier alpha value is -4.11. The second-order valence-corrected chi connectivity index (χ2v) is 11.6. The zero-order valence-corrected chi connectivity index (χ0v) is 25.0. The Morgan fingerprint density at radius 1 is 0.977 bits per heavy atom. The summed E-state index contributed by atoms with van der Waals surface area (Å²) in [6.07, 6.45) is 5.14. The molecular weight excluding hydrogens is 572 g/mol. The second kappa shape index (κ2) is 13.0. The summed E-state index contributed by atoms with van der Waals surface area (Å²) in [5, 5.41) is 17.4. The van der Waals surface area contributed by atoms with Crippen molar-refractivity contribution in [3.05, 3.63) is 79.9 Å². The fraction of sp³-hybridized carbons (Fsp3) is 0.394. The van der Waals surface area contributed by atoms with Crippen molar-refractivity contribution in [2.45, 2.75) is 83.7 Å². The quantitative estimate of drug-likeness (QED) is 0.194. The van der Waals surface area contributed by atoms with Crippen LogP contribution in [0.1, 0.15) is 67.0 Å². The van der Waals surface area contributed by atoms with E-state index >= 15 is 0 Å². The van der Waals surface area contributed by atoms with Crippen LogP contribution in [0.25, 0.3) is 21.9 Å². The molecule has 10 heteroatoms. The molecule has 9 nitrogen and oxygen atoms in total. The van der Waals surface area contributed by atoms with Crippen LogP contribution in [-0.4, -0.2) is 35.0 Å². The van der Waals surface area contributed by atoms with Crippen LogP contribution in [-0.2, 0) is 40.1 Å². The highest BCUT2D eigenvalue weighted by Crippen LogP contribution is 2.35. The van der Waals surface area contributed by atoms with Crippen LogP contribution in [0.4, 0.5) is 0 Å². The molecule has 0 spiro atoms. The van der Waals surface area contributed by atoms with Gasteiger partial charge < -0.3 is 24.6 Å². The molecule has 5 rings (SSSR count). The van der Waals surface area contributed by atoms with Crippen LogP contribution in [0.3, 0.4) is 0 Å². The standard InChI is InChI=1S/C33H35ClN2O7/c1-3-6-25(31(38)36-26(32(39)40)15-19-9-11-20(34)12-10-19)35-30(37)14-13-21-18(2)23-16-24-22-7-4-5-8-27(22)42-29(24)17-28(23)43-33(21)41/h9-12,16-17,25-26H,3-8,13-15H2,1-2H3,(H,35,37)(H,36,38)(H,39,40)/t25-,26-/m0/s1. The van der Waals surface area contributed by atoms with Crippen LogP contribution < -0.4 is 16.3 Å². The highest BCUT2D eigenvalue weighted by molar-refractivity contribution is 6.30. The van der Waals surface area contributed by atoms with Crippen molar-refractivity contribution in [2.75, 3.05) is 0 Å². The summed E-state index contributed by atoms with van der Waals surface area (Å²) in [7, 11) is 0. The van der Waals surface area contributed by atoms with Crippen LogP contribution >= 0.6 is 11.6 Å². The van der Waals surface area contributed by atoms with Crippen molar-refractivity contribution >= 4 is 51.3 Å². The molecule has 0 radical (unpaired) electrons. The third-order valence-electron chi connectivity index (χ3n) is 8.16. The SMILES string of the molecule is CCC[C@H](NC(=O)CCc1c(C)c2cc3c4c(oc3cc2oc1=O)CCCC4)C(=O)N[C@@H](Cc1ccc(Cl)cc1)C(=O)O. The van der Waals surface area contributed by atoms with Gasteiger partial charge in [0.1, 0.15) is 29.0 Å². The first-order valence-electron chi connectivity index (χ1n) is 14.7. The first kappa shape index (κ1) is 30.4. The lowest BCUT2D eigenvalue weighted by Crippen LogP contribution is -2.52. The molecule has 1 aliphatic carbocycles. The Kier molecular flexibility index (Phi) is 9.20. The Morgan fingerprint density at radius 3 is 2.42 bits per heavy atom. The van der Waals surface area contributed by atoms with Crippen LogP contribution in [0, 0.1) is 6.92 Å². The van der Waals surface area contributed by atoms with Crippen molar-refractivity contribution in [3.8, 4) is 0 Å². The lowest BCUT2D eigenvalue weighted by Gasteiger charge is -2.21. The highest BCUT2D eigenvalue weighted by atomic mass is 35.5. The van der Waals surface area contributed by atoms with E-state index in [0.717, 1.165) is 47.8 Å². The van der Waals surface area contributed by atoms with Gasteiger partial charge in [-0.15, -0.1) is 0 Å². The third kappa shape index (κ3) is 6.77. The number of carbonyl (C=O) groups is 3. The van der Waals surface area contributed by atoms with Gasteiger partial charge in [0, 0.05) is 52.3 Å². The lowest BCUT2D eigenvalue weighted by atomic mass is 9.94. The van der Waals surface area contributed by atoms with E-state index in [9.17, 15) is 24.3 Å². The summed E-state index contributed by atoms with van der Waals surface area (Å²) >= 11 is 5.92. The van der Waals surface area contributed by atoms with Gasteiger partial charge >= 0.3 is 11.6 Å². The molecule has 0 saturated heterocycles. The molecule has 0 bridgehead atoms. The van der Waals surface area contributed by atoms with Gasteiger partial charge in [0.15, 0.2) is 0 Å². The molecule has 43 heavy (non-hydrogen) atoms. The third-order valence-corrected chi connectivity index (χ3v) is 8.41. The van der Waals surface area contributed by atoms with Gasteiger partial charge in [-0.2, -0.15) is 0 Å². The number of halogens is 1. The Bertz CT molecular complexity index is 1740. The lowest BCUT2D eigenvalue weighted by molar-refractivity contribution is -0.142. The van der Waals surface area contributed by atoms with E-state index < -0.39 is 35.5 Å². The molecule has 2 amide bonds. The van der Waals surface area contributed by atoms with Crippen LogP contribution in [0.2, 0.25) is 5.02 Å². The van der Waals surface area contributed by atoms with Gasteiger partial charge in [-0.05, 0) is 68.4 Å². The number of hydrogen-bond donors (Lipinski definition) is 3. The second-order valence-electron chi connectivity index (χ2n) is 11.2. The first-order chi connectivity index (χ1) is 20.6. The number of carboxylic acids is 1. The number of carboxylic acid groups (broad SMARTS) is 1. The molecule has 0 saturated carbocycles. The Labute approximate surface area is 253 Å². The molecule has 2 aromatic carbocycles. The number of furan rings is 1. The fourth-order valence-electron chi connectivity index (χ4n) is 5.82. The molecule has 1 aliphatic rings. The minimum Gasteiger partial charge on any atom is -0.480 e. The number of rotatable bonds is 11. The van der Waals surface area contributed by atoms with Crippen LogP contribution in [0.15, 0.2) is 50.0 Å². The molecule has 2 heterocycles. The number of nitrogens with one attached hydrogen (secondary N) is 2. The molecular formula is C33H35ClN2O7. The normalized spacial score (nSPS) is 14.3. The van der Waals surface area contributed by atoms with Gasteiger partial charge in [-0.3, -0.25) is 9.59 Å². The predicted molar refractivity (Wildman–Crippen MR) is 164 cm³/mol. The summed E-state index contributed by atoms with van der Waals surface area (Å²) in [6.45, 7) is 3.72. The van der Waals surface area contributed by atoms with E-state index in [2.05, 4.69) is 10.6 Å². The maximum absolute atomic E-state index is 13.1. The smallest absolute Gasteiger partial charge is 0.339 e. The number of benzene rings is 2. The molecule has 226 valence electrons. The van der Waals surface area contributed by atoms with E-state index in [-0.39, 0.29) is 19.3 Å². The van der Waals surface area contributed by atoms with Gasteiger partial charge in [0.25, 0.3) is 0 Å². The van der Waals surface area contributed by atoms with Crippen LogP contribution in [0.5, 0.6) is 0 Å². The average molecular weight is 607 g/mol. The van der Waals surface area contributed by atoms with Crippen molar-refractivity contribution < 1.29 is 28.3 Å². The topological polar surface area (TPSA) is 139 Å². The van der Waals surface area contributed by atoms with E-state index in [1.54, 1.807) is 30.3 Å². The predicted octanol–water partition coefficient (Wildman–Crippen LogP) is 5.41.